The van der Waals surface area contributed by atoms with Gasteiger partial charge in [-0.2, -0.15) is 0 Å². The summed E-state index contributed by atoms with van der Waals surface area (Å²) in [4.78, 5) is 0. The highest BCUT2D eigenvalue weighted by Crippen LogP contribution is 2.12. The minimum atomic E-state index is -0.212. The first-order valence-electron chi connectivity index (χ1n) is 9.43. The second-order valence-corrected chi connectivity index (χ2v) is 7.79. The van der Waals surface area contributed by atoms with Crippen molar-refractivity contribution in [3.63, 3.8) is 0 Å². The zero-order valence-electron chi connectivity index (χ0n) is 16.2. The van der Waals surface area contributed by atoms with Gasteiger partial charge in [0.2, 0.25) is 0 Å². The van der Waals surface area contributed by atoms with E-state index in [0.717, 1.165) is 35.1 Å². The first-order chi connectivity index (χ1) is 13.5. The molecule has 3 aromatic rings. The molecule has 3 aromatic carbocycles. The predicted molar refractivity (Wildman–Crippen MR) is 122 cm³/mol. The molecule has 144 valence electrons. The van der Waals surface area contributed by atoms with Crippen LogP contribution in [0.5, 0.6) is 0 Å². The highest BCUT2D eigenvalue weighted by atomic mass is 35.5. The lowest BCUT2D eigenvalue weighted by molar-refractivity contribution is 0.328. The van der Waals surface area contributed by atoms with E-state index >= 15 is 0 Å². The lowest BCUT2D eigenvalue weighted by Gasteiger charge is -2.20. The van der Waals surface area contributed by atoms with Gasteiger partial charge in [-0.1, -0.05) is 76.8 Å². The van der Waals surface area contributed by atoms with Crippen LogP contribution in [0, 0.1) is 13.8 Å². The van der Waals surface area contributed by atoms with Gasteiger partial charge in [-0.05, 0) is 54.6 Å². The number of hydrogen-bond donors (Lipinski definition) is 1. The lowest BCUT2D eigenvalue weighted by Crippen LogP contribution is -2.48. The van der Waals surface area contributed by atoms with Crippen LogP contribution >= 0.6 is 23.2 Å². The Labute approximate surface area is 177 Å². The van der Waals surface area contributed by atoms with Gasteiger partial charge in [0.05, 0.1) is 0 Å². The molecule has 0 radical (unpaired) electrons. The highest BCUT2D eigenvalue weighted by Gasteiger charge is 2.25. The fourth-order valence-electron chi connectivity index (χ4n) is 3.21. The molecule has 0 unspecified atom stereocenters. The highest BCUT2D eigenvalue weighted by molar-refractivity contribution is 6.81. The van der Waals surface area contributed by atoms with Crippen molar-refractivity contribution in [2.75, 3.05) is 13.2 Å². The van der Waals surface area contributed by atoms with Crippen molar-refractivity contribution >= 4 is 41.0 Å². The van der Waals surface area contributed by atoms with Crippen molar-refractivity contribution in [1.29, 1.82) is 0 Å². The van der Waals surface area contributed by atoms with Crippen LogP contribution in [0.3, 0.4) is 0 Å². The third-order valence-electron chi connectivity index (χ3n) is 4.78. The van der Waals surface area contributed by atoms with Gasteiger partial charge < -0.3 is 9.97 Å². The van der Waals surface area contributed by atoms with Crippen LogP contribution in [-0.4, -0.2) is 20.1 Å². The number of nitrogens with one attached hydrogen (secondary N) is 1. The molecular formula is C23H24BCl2NO. The molecule has 0 saturated carbocycles. The van der Waals surface area contributed by atoms with E-state index in [1.165, 1.54) is 5.56 Å². The lowest BCUT2D eigenvalue weighted by atomic mass is 9.53. The van der Waals surface area contributed by atoms with Gasteiger partial charge in [0.1, 0.15) is 0 Å². The summed E-state index contributed by atoms with van der Waals surface area (Å²) in [5, 5.41) is 4.84. The summed E-state index contributed by atoms with van der Waals surface area (Å²) in [6.45, 7) is 6.10. The summed E-state index contributed by atoms with van der Waals surface area (Å²) in [7, 11) is 0. The second-order valence-electron chi connectivity index (χ2n) is 6.92. The average molecular weight is 412 g/mol. The zero-order chi connectivity index (χ0) is 19.9. The maximum absolute atomic E-state index is 6.34. The molecule has 0 heterocycles. The van der Waals surface area contributed by atoms with Gasteiger partial charge in [0, 0.05) is 29.7 Å². The van der Waals surface area contributed by atoms with E-state index in [0.29, 0.717) is 16.7 Å². The smallest absolute Gasteiger partial charge is 0.362 e. The topological polar surface area (TPSA) is 21.3 Å². The maximum Gasteiger partial charge on any atom is 0.362 e. The third kappa shape index (κ3) is 5.62. The van der Waals surface area contributed by atoms with E-state index in [4.69, 9.17) is 27.9 Å². The Morgan fingerprint density at radius 3 is 1.96 bits per heavy atom. The number of aryl methyl sites for hydroxylation is 2. The zero-order valence-corrected chi connectivity index (χ0v) is 17.7. The molecule has 0 fully saturated rings. The van der Waals surface area contributed by atoms with Crippen LogP contribution in [0.2, 0.25) is 10.0 Å². The minimum Gasteiger partial charge on any atom is -0.426 e. The fraction of sp³-hybridized carbons (Fsp3) is 0.217. The van der Waals surface area contributed by atoms with Crippen molar-refractivity contribution in [2.24, 2.45) is 0 Å². The fourth-order valence-corrected chi connectivity index (χ4v) is 3.57. The molecule has 0 aliphatic rings. The molecule has 0 saturated heterocycles. The Morgan fingerprint density at radius 2 is 1.39 bits per heavy atom. The van der Waals surface area contributed by atoms with Crippen LogP contribution in [0.4, 0.5) is 0 Å². The molecule has 2 nitrogen and oxygen atoms in total. The Bertz CT molecular complexity index is 866. The first-order valence-corrected chi connectivity index (χ1v) is 10.2. The standard InChI is InChI=1S/C23H24BCl2NO/c1-17-8-10-20(25)14-22(17)24(23-15-21(26)11-9-18(23)2)28-13-12-27-16-19-6-4-3-5-7-19/h3-11,14-15,27H,12-13,16H2,1-2H3. The largest absolute Gasteiger partial charge is 0.426 e. The van der Waals surface area contributed by atoms with Gasteiger partial charge >= 0.3 is 6.92 Å². The van der Waals surface area contributed by atoms with E-state index in [9.17, 15) is 0 Å². The molecule has 0 aliphatic carbocycles. The molecule has 1 N–H and O–H groups in total. The van der Waals surface area contributed by atoms with Gasteiger partial charge in [-0.3, -0.25) is 0 Å². The van der Waals surface area contributed by atoms with E-state index < -0.39 is 0 Å². The number of benzene rings is 3. The number of halogens is 2. The SMILES string of the molecule is Cc1ccc(Cl)cc1B(OCCNCc1ccccc1)c1cc(Cl)ccc1C. The summed E-state index contributed by atoms with van der Waals surface area (Å²) < 4.78 is 6.34. The molecule has 0 atom stereocenters. The summed E-state index contributed by atoms with van der Waals surface area (Å²) in [6, 6.07) is 22.2. The molecule has 0 bridgehead atoms. The normalized spacial score (nSPS) is 10.9. The summed E-state index contributed by atoms with van der Waals surface area (Å²) in [5.41, 5.74) is 5.69. The van der Waals surface area contributed by atoms with Crippen LogP contribution in [0.15, 0.2) is 66.7 Å². The molecular weight excluding hydrogens is 388 g/mol. The molecule has 0 aromatic heterocycles. The van der Waals surface area contributed by atoms with E-state index in [1.54, 1.807) is 0 Å². The van der Waals surface area contributed by atoms with E-state index in [2.05, 4.69) is 31.3 Å². The quantitative estimate of drug-likeness (QED) is 0.434. The van der Waals surface area contributed by atoms with Crippen molar-refractivity contribution < 1.29 is 4.65 Å². The van der Waals surface area contributed by atoms with Crippen LogP contribution < -0.4 is 16.2 Å². The van der Waals surface area contributed by atoms with Gasteiger partial charge in [-0.15, -0.1) is 0 Å². The van der Waals surface area contributed by atoms with Crippen LogP contribution in [0.1, 0.15) is 16.7 Å². The summed E-state index contributed by atoms with van der Waals surface area (Å²) >= 11 is 12.6. The molecule has 3 rings (SSSR count). The van der Waals surface area contributed by atoms with Crippen molar-refractivity contribution in [3.05, 3.63) is 93.5 Å². The van der Waals surface area contributed by atoms with Crippen molar-refractivity contribution in [1.82, 2.24) is 5.32 Å². The summed E-state index contributed by atoms with van der Waals surface area (Å²) in [5.74, 6) is 0. The summed E-state index contributed by atoms with van der Waals surface area (Å²) in [6.07, 6.45) is 0. The Balaban J connectivity index is 1.73. The minimum absolute atomic E-state index is 0.212. The van der Waals surface area contributed by atoms with Gasteiger partial charge in [-0.25, -0.2) is 0 Å². The molecule has 0 aliphatic heterocycles. The second kappa shape index (κ2) is 10.1. The Kier molecular flexibility index (Phi) is 7.58. The van der Waals surface area contributed by atoms with Crippen molar-refractivity contribution in [3.8, 4) is 0 Å². The first kappa shape index (κ1) is 20.9. The monoisotopic (exact) mass is 411 g/mol. The Hall–Kier alpha value is -1.78. The predicted octanol–water partition coefficient (Wildman–Crippen LogP) is 4.52. The van der Waals surface area contributed by atoms with Crippen LogP contribution in [0.25, 0.3) is 0 Å². The van der Waals surface area contributed by atoms with Crippen LogP contribution in [-0.2, 0) is 11.2 Å². The van der Waals surface area contributed by atoms with Gasteiger partial charge in [0.25, 0.3) is 0 Å². The molecule has 28 heavy (non-hydrogen) atoms. The van der Waals surface area contributed by atoms with Crippen molar-refractivity contribution in [2.45, 2.75) is 20.4 Å². The van der Waals surface area contributed by atoms with E-state index in [-0.39, 0.29) is 6.92 Å². The molecule has 0 spiro atoms. The maximum atomic E-state index is 6.34. The molecule has 0 amide bonds. The molecule has 5 heteroatoms. The third-order valence-corrected chi connectivity index (χ3v) is 5.25. The van der Waals surface area contributed by atoms with E-state index in [1.807, 2.05) is 54.6 Å². The number of hydrogen-bond acceptors (Lipinski definition) is 2. The number of rotatable bonds is 8. The average Bonchev–Trinajstić information content (AvgIpc) is 2.70. The Morgan fingerprint density at radius 1 is 0.821 bits per heavy atom. The van der Waals surface area contributed by atoms with Gasteiger partial charge in [0.15, 0.2) is 0 Å².